The maximum absolute atomic E-state index is 8.77. The van der Waals surface area contributed by atoms with Crippen LogP contribution >= 0.6 is 0 Å². The summed E-state index contributed by atoms with van der Waals surface area (Å²) in [6, 6.07) is 10.0. The normalized spacial score (nSPS) is 9.67. The van der Waals surface area contributed by atoms with Gasteiger partial charge in [0, 0.05) is 6.54 Å². The predicted octanol–water partition coefficient (Wildman–Crippen LogP) is 1.85. The average Bonchev–Trinajstić information content (AvgIpc) is 2.05. The van der Waals surface area contributed by atoms with Crippen molar-refractivity contribution in [1.82, 2.24) is 5.32 Å². The number of hydrogen-bond acceptors (Lipinski definition) is 2. The zero-order chi connectivity index (χ0) is 8.81. The van der Waals surface area contributed by atoms with Gasteiger partial charge in [0.2, 0.25) is 0 Å². The molecule has 64 valence electrons. The van der Waals surface area contributed by atoms with Gasteiger partial charge >= 0.3 is 0 Å². The van der Waals surface area contributed by atoms with Crippen LogP contribution in [-0.2, 0) is 6.54 Å². The van der Waals surface area contributed by atoms with Crippen molar-refractivity contribution in [3.8, 4) is 0 Å². The van der Waals surface area contributed by atoms with Gasteiger partial charge in [-0.3, -0.25) is 0 Å². The fourth-order valence-electron chi connectivity index (χ4n) is 0.947. The standard InChI is InChI=1S/C10H13NO/c1-9(12)7-11-8-10-5-3-2-4-6-10/h2-6,11-12H,1,7-8H2. The quantitative estimate of drug-likeness (QED) is 0.664. The van der Waals surface area contributed by atoms with E-state index in [1.54, 1.807) is 0 Å². The Balaban J connectivity index is 2.29. The molecule has 0 aliphatic rings. The fraction of sp³-hybridized carbons (Fsp3) is 0.200. The SMILES string of the molecule is C=C(O)CNCc1ccccc1. The third kappa shape index (κ3) is 3.21. The van der Waals surface area contributed by atoms with E-state index in [0.29, 0.717) is 6.54 Å². The van der Waals surface area contributed by atoms with E-state index in [2.05, 4.69) is 11.9 Å². The molecule has 0 fully saturated rings. The summed E-state index contributed by atoms with van der Waals surface area (Å²) in [6.45, 7) is 4.60. The van der Waals surface area contributed by atoms with Crippen molar-refractivity contribution in [3.63, 3.8) is 0 Å². The van der Waals surface area contributed by atoms with E-state index in [-0.39, 0.29) is 5.76 Å². The van der Waals surface area contributed by atoms with Gasteiger partial charge in [-0.25, -0.2) is 0 Å². The molecule has 1 aromatic rings. The van der Waals surface area contributed by atoms with Crippen LogP contribution in [-0.4, -0.2) is 11.7 Å². The monoisotopic (exact) mass is 163 g/mol. The van der Waals surface area contributed by atoms with Gasteiger partial charge in [-0.1, -0.05) is 36.9 Å². The van der Waals surface area contributed by atoms with Crippen LogP contribution in [0.5, 0.6) is 0 Å². The zero-order valence-corrected chi connectivity index (χ0v) is 6.96. The lowest BCUT2D eigenvalue weighted by atomic mass is 10.2. The summed E-state index contributed by atoms with van der Waals surface area (Å²) in [4.78, 5) is 0. The largest absolute Gasteiger partial charge is 0.512 e. The summed E-state index contributed by atoms with van der Waals surface area (Å²) in [7, 11) is 0. The second kappa shape index (κ2) is 4.57. The first-order chi connectivity index (χ1) is 5.79. The van der Waals surface area contributed by atoms with Crippen LogP contribution in [0.3, 0.4) is 0 Å². The molecule has 0 aromatic heterocycles. The Morgan fingerprint density at radius 2 is 2.00 bits per heavy atom. The smallest absolute Gasteiger partial charge is 0.0989 e. The molecule has 0 aliphatic heterocycles. The molecule has 0 saturated heterocycles. The lowest BCUT2D eigenvalue weighted by Gasteiger charge is -2.02. The minimum absolute atomic E-state index is 0.172. The molecular formula is C10H13NO. The van der Waals surface area contributed by atoms with Crippen LogP contribution in [0.15, 0.2) is 42.7 Å². The summed E-state index contributed by atoms with van der Waals surface area (Å²) >= 11 is 0. The number of rotatable bonds is 4. The molecule has 12 heavy (non-hydrogen) atoms. The highest BCUT2D eigenvalue weighted by Gasteiger charge is 1.90. The maximum atomic E-state index is 8.77. The Morgan fingerprint density at radius 1 is 1.33 bits per heavy atom. The summed E-state index contributed by atoms with van der Waals surface area (Å²) in [5.41, 5.74) is 1.21. The van der Waals surface area contributed by atoms with Crippen LogP contribution in [0.2, 0.25) is 0 Å². The van der Waals surface area contributed by atoms with E-state index in [9.17, 15) is 0 Å². The van der Waals surface area contributed by atoms with Gasteiger partial charge in [0.05, 0.1) is 12.3 Å². The Kier molecular flexibility index (Phi) is 3.35. The zero-order valence-electron chi connectivity index (χ0n) is 6.96. The van der Waals surface area contributed by atoms with Crippen LogP contribution < -0.4 is 5.32 Å². The fourth-order valence-corrected chi connectivity index (χ4v) is 0.947. The molecule has 0 heterocycles. The first-order valence-electron chi connectivity index (χ1n) is 3.90. The topological polar surface area (TPSA) is 32.3 Å². The molecule has 1 rings (SSSR count). The molecule has 0 amide bonds. The van der Waals surface area contributed by atoms with E-state index in [1.165, 1.54) is 5.56 Å². The van der Waals surface area contributed by atoms with Gasteiger partial charge in [0.1, 0.15) is 0 Å². The van der Waals surface area contributed by atoms with Crippen molar-refractivity contribution in [2.24, 2.45) is 0 Å². The molecule has 0 saturated carbocycles. The van der Waals surface area contributed by atoms with E-state index in [0.717, 1.165) is 6.54 Å². The number of hydrogen-bond donors (Lipinski definition) is 2. The van der Waals surface area contributed by atoms with Crippen LogP contribution in [0, 0.1) is 0 Å². The second-order valence-electron chi connectivity index (χ2n) is 2.66. The van der Waals surface area contributed by atoms with Crippen molar-refractivity contribution in [3.05, 3.63) is 48.2 Å². The summed E-state index contributed by atoms with van der Waals surface area (Å²) < 4.78 is 0. The van der Waals surface area contributed by atoms with Crippen molar-refractivity contribution in [2.45, 2.75) is 6.54 Å². The highest BCUT2D eigenvalue weighted by Crippen LogP contribution is 1.96. The molecule has 0 spiro atoms. The number of aliphatic hydroxyl groups excluding tert-OH is 1. The molecule has 0 aliphatic carbocycles. The molecule has 0 radical (unpaired) electrons. The molecule has 0 unspecified atom stereocenters. The summed E-state index contributed by atoms with van der Waals surface area (Å²) in [6.07, 6.45) is 0. The van der Waals surface area contributed by atoms with Crippen LogP contribution in [0.1, 0.15) is 5.56 Å². The Labute approximate surface area is 72.5 Å². The molecule has 1 aromatic carbocycles. The van der Waals surface area contributed by atoms with Crippen LogP contribution in [0.4, 0.5) is 0 Å². The minimum Gasteiger partial charge on any atom is -0.512 e. The first kappa shape index (κ1) is 8.81. The Morgan fingerprint density at radius 3 is 2.58 bits per heavy atom. The number of nitrogens with one attached hydrogen (secondary N) is 1. The minimum atomic E-state index is 0.172. The number of aliphatic hydroxyl groups is 1. The van der Waals surface area contributed by atoms with Gasteiger partial charge in [0.15, 0.2) is 0 Å². The molecule has 0 bridgehead atoms. The highest BCUT2D eigenvalue weighted by atomic mass is 16.3. The third-order valence-electron chi connectivity index (χ3n) is 1.50. The summed E-state index contributed by atoms with van der Waals surface area (Å²) in [5.74, 6) is 0.172. The van der Waals surface area contributed by atoms with Crippen molar-refractivity contribution in [2.75, 3.05) is 6.54 Å². The lowest BCUT2D eigenvalue weighted by Crippen LogP contribution is -2.15. The third-order valence-corrected chi connectivity index (χ3v) is 1.50. The Bertz CT molecular complexity index is 243. The number of benzene rings is 1. The maximum Gasteiger partial charge on any atom is 0.0989 e. The Hall–Kier alpha value is -1.28. The lowest BCUT2D eigenvalue weighted by molar-refractivity contribution is 0.391. The molecule has 2 heteroatoms. The van der Waals surface area contributed by atoms with E-state index < -0.39 is 0 Å². The van der Waals surface area contributed by atoms with Gasteiger partial charge in [-0.2, -0.15) is 0 Å². The molecule has 2 nitrogen and oxygen atoms in total. The van der Waals surface area contributed by atoms with E-state index in [1.807, 2.05) is 30.3 Å². The summed E-state index contributed by atoms with van der Waals surface area (Å²) in [5, 5.41) is 11.8. The van der Waals surface area contributed by atoms with E-state index >= 15 is 0 Å². The first-order valence-corrected chi connectivity index (χ1v) is 3.90. The highest BCUT2D eigenvalue weighted by molar-refractivity contribution is 5.14. The molecular weight excluding hydrogens is 150 g/mol. The van der Waals surface area contributed by atoms with Gasteiger partial charge in [-0.05, 0) is 5.56 Å². The average molecular weight is 163 g/mol. The van der Waals surface area contributed by atoms with Crippen molar-refractivity contribution in [1.29, 1.82) is 0 Å². The van der Waals surface area contributed by atoms with Gasteiger partial charge in [-0.15, -0.1) is 0 Å². The second-order valence-corrected chi connectivity index (χ2v) is 2.66. The van der Waals surface area contributed by atoms with Gasteiger partial charge < -0.3 is 10.4 Å². The van der Waals surface area contributed by atoms with Gasteiger partial charge in [0.25, 0.3) is 0 Å². The van der Waals surface area contributed by atoms with Crippen molar-refractivity contribution < 1.29 is 5.11 Å². The predicted molar refractivity (Wildman–Crippen MR) is 49.9 cm³/mol. The van der Waals surface area contributed by atoms with Crippen LogP contribution in [0.25, 0.3) is 0 Å². The molecule has 2 N–H and O–H groups in total. The van der Waals surface area contributed by atoms with Crippen molar-refractivity contribution >= 4 is 0 Å². The molecule has 0 atom stereocenters. The van der Waals surface area contributed by atoms with E-state index in [4.69, 9.17) is 5.11 Å².